The molecule has 0 spiro atoms. The van der Waals surface area contributed by atoms with Gasteiger partial charge in [-0.2, -0.15) is 0 Å². The second kappa shape index (κ2) is 4.89. The van der Waals surface area contributed by atoms with E-state index in [1.807, 2.05) is 0 Å². The predicted molar refractivity (Wildman–Crippen MR) is 66.9 cm³/mol. The minimum Gasteiger partial charge on any atom is -0.0625 e. The van der Waals surface area contributed by atoms with E-state index in [0.29, 0.717) is 5.41 Å². The molecular weight excluding hydrogens is 180 g/mol. The highest BCUT2D eigenvalue weighted by atomic mass is 14.4. The van der Waals surface area contributed by atoms with Crippen LogP contribution < -0.4 is 0 Å². The van der Waals surface area contributed by atoms with E-state index >= 15 is 0 Å². The third-order valence-corrected chi connectivity index (χ3v) is 5.24. The molecule has 0 N–H and O–H groups in total. The zero-order valence-electron chi connectivity index (χ0n) is 10.7. The molecule has 2 aliphatic rings. The Hall–Kier alpha value is 0. The van der Waals surface area contributed by atoms with Crippen molar-refractivity contribution in [1.29, 1.82) is 0 Å². The average molecular weight is 208 g/mol. The van der Waals surface area contributed by atoms with Gasteiger partial charge in [-0.3, -0.25) is 0 Å². The van der Waals surface area contributed by atoms with Gasteiger partial charge in [0.2, 0.25) is 0 Å². The smallest absolute Gasteiger partial charge is 0.0297 e. The van der Waals surface area contributed by atoms with Crippen molar-refractivity contribution in [3.63, 3.8) is 0 Å². The summed E-state index contributed by atoms with van der Waals surface area (Å²) in [5.41, 5.74) is 0.713. The van der Waals surface area contributed by atoms with Crippen molar-refractivity contribution in [2.45, 2.75) is 78.1 Å². The Bertz CT molecular complexity index is 190. The lowest BCUT2D eigenvalue weighted by atomic mass is 9.66. The maximum Gasteiger partial charge on any atom is -0.0297 e. The molecule has 2 fully saturated rings. The Morgan fingerprint density at radius 2 is 1.53 bits per heavy atom. The third-order valence-electron chi connectivity index (χ3n) is 5.24. The van der Waals surface area contributed by atoms with Crippen LogP contribution in [0.15, 0.2) is 0 Å². The minimum atomic E-state index is 0.713. The van der Waals surface area contributed by atoms with Gasteiger partial charge < -0.3 is 0 Å². The highest BCUT2D eigenvalue weighted by Gasteiger charge is 2.35. The summed E-state index contributed by atoms with van der Waals surface area (Å²) < 4.78 is 0. The van der Waals surface area contributed by atoms with Gasteiger partial charge >= 0.3 is 0 Å². The van der Waals surface area contributed by atoms with Crippen LogP contribution in [0.3, 0.4) is 0 Å². The fraction of sp³-hybridized carbons (Fsp3) is 1.00. The van der Waals surface area contributed by atoms with Crippen LogP contribution in [0.1, 0.15) is 78.1 Å². The molecule has 0 nitrogen and oxygen atoms in total. The van der Waals surface area contributed by atoms with Crippen LogP contribution in [0, 0.1) is 17.3 Å². The quantitative estimate of drug-likeness (QED) is 0.521. The van der Waals surface area contributed by atoms with E-state index in [4.69, 9.17) is 0 Å². The molecule has 15 heavy (non-hydrogen) atoms. The molecule has 2 aliphatic carbocycles. The normalized spacial score (nSPS) is 40.0. The van der Waals surface area contributed by atoms with E-state index in [2.05, 4.69) is 13.8 Å². The lowest BCUT2D eigenvalue weighted by Gasteiger charge is -2.39. The summed E-state index contributed by atoms with van der Waals surface area (Å²) >= 11 is 0. The van der Waals surface area contributed by atoms with Gasteiger partial charge in [0, 0.05) is 0 Å². The van der Waals surface area contributed by atoms with Crippen LogP contribution in [-0.4, -0.2) is 0 Å². The standard InChI is InChI=1S/C15H28/c1-13-7-6-11-15(2,12-10-13)14-8-4-3-5-9-14/h13-14H,3-12H2,1-2H3/t13-,15?/m0/s1. The van der Waals surface area contributed by atoms with Gasteiger partial charge in [-0.05, 0) is 42.9 Å². The summed E-state index contributed by atoms with van der Waals surface area (Å²) in [7, 11) is 0. The van der Waals surface area contributed by atoms with E-state index in [1.165, 1.54) is 64.2 Å². The van der Waals surface area contributed by atoms with Gasteiger partial charge in [0.1, 0.15) is 0 Å². The van der Waals surface area contributed by atoms with Crippen LogP contribution in [0.2, 0.25) is 0 Å². The summed E-state index contributed by atoms with van der Waals surface area (Å²) in [6.07, 6.45) is 15.1. The molecule has 0 aromatic heterocycles. The van der Waals surface area contributed by atoms with Crippen molar-refractivity contribution in [2.75, 3.05) is 0 Å². The SMILES string of the molecule is C[C@H]1CCCC(C)(C2CCCCC2)CC1. The van der Waals surface area contributed by atoms with Gasteiger partial charge in [0.15, 0.2) is 0 Å². The van der Waals surface area contributed by atoms with Crippen LogP contribution in [0.25, 0.3) is 0 Å². The van der Waals surface area contributed by atoms with E-state index in [1.54, 1.807) is 0 Å². The van der Waals surface area contributed by atoms with Crippen molar-refractivity contribution in [2.24, 2.45) is 17.3 Å². The lowest BCUT2D eigenvalue weighted by molar-refractivity contribution is 0.115. The number of rotatable bonds is 1. The average Bonchev–Trinajstić information content (AvgIpc) is 2.44. The van der Waals surface area contributed by atoms with Crippen molar-refractivity contribution < 1.29 is 0 Å². The molecule has 0 radical (unpaired) electrons. The topological polar surface area (TPSA) is 0 Å². The fourth-order valence-electron chi connectivity index (χ4n) is 3.91. The van der Waals surface area contributed by atoms with Gasteiger partial charge in [0.25, 0.3) is 0 Å². The first-order chi connectivity index (χ1) is 7.21. The first-order valence-electron chi connectivity index (χ1n) is 7.21. The van der Waals surface area contributed by atoms with E-state index in [0.717, 1.165) is 11.8 Å². The van der Waals surface area contributed by atoms with Gasteiger partial charge in [0.05, 0.1) is 0 Å². The van der Waals surface area contributed by atoms with Crippen molar-refractivity contribution in [3.8, 4) is 0 Å². The first-order valence-corrected chi connectivity index (χ1v) is 7.21. The molecule has 2 rings (SSSR count). The van der Waals surface area contributed by atoms with E-state index in [9.17, 15) is 0 Å². The first kappa shape index (κ1) is 11.5. The molecule has 0 saturated heterocycles. The number of hydrogen-bond donors (Lipinski definition) is 0. The largest absolute Gasteiger partial charge is 0.0625 e. The van der Waals surface area contributed by atoms with Crippen molar-refractivity contribution in [1.82, 2.24) is 0 Å². The van der Waals surface area contributed by atoms with E-state index < -0.39 is 0 Å². The van der Waals surface area contributed by atoms with Crippen molar-refractivity contribution >= 4 is 0 Å². The molecule has 1 unspecified atom stereocenters. The second-order valence-electron chi connectivity index (χ2n) is 6.53. The summed E-state index contributed by atoms with van der Waals surface area (Å²) in [6.45, 7) is 5.05. The zero-order valence-corrected chi connectivity index (χ0v) is 10.7. The Morgan fingerprint density at radius 3 is 2.27 bits per heavy atom. The van der Waals surface area contributed by atoms with E-state index in [-0.39, 0.29) is 0 Å². The monoisotopic (exact) mass is 208 g/mol. The molecule has 88 valence electrons. The summed E-state index contributed by atoms with van der Waals surface area (Å²) in [6, 6.07) is 0. The molecule has 0 heterocycles. The van der Waals surface area contributed by atoms with Crippen LogP contribution in [0.5, 0.6) is 0 Å². The Morgan fingerprint density at radius 1 is 0.800 bits per heavy atom. The Kier molecular flexibility index (Phi) is 3.74. The van der Waals surface area contributed by atoms with Crippen LogP contribution >= 0.6 is 0 Å². The molecular formula is C15H28. The summed E-state index contributed by atoms with van der Waals surface area (Å²) in [4.78, 5) is 0. The van der Waals surface area contributed by atoms with Crippen LogP contribution in [-0.2, 0) is 0 Å². The molecule has 0 aromatic rings. The summed E-state index contributed by atoms with van der Waals surface area (Å²) in [5, 5.41) is 0. The molecule has 0 amide bonds. The fourth-order valence-corrected chi connectivity index (χ4v) is 3.91. The second-order valence-corrected chi connectivity index (χ2v) is 6.53. The third kappa shape index (κ3) is 2.77. The maximum atomic E-state index is 2.60. The highest BCUT2D eigenvalue weighted by molar-refractivity contribution is 4.86. The molecule has 0 bridgehead atoms. The predicted octanol–water partition coefficient (Wildman–Crippen LogP) is 5.17. The lowest BCUT2D eigenvalue weighted by Crippen LogP contribution is -2.28. The maximum absolute atomic E-state index is 2.60. The number of hydrogen-bond acceptors (Lipinski definition) is 0. The van der Waals surface area contributed by atoms with Gasteiger partial charge in [-0.15, -0.1) is 0 Å². The minimum absolute atomic E-state index is 0.713. The molecule has 0 heteroatoms. The highest BCUT2D eigenvalue weighted by Crippen LogP contribution is 2.47. The molecule has 2 saturated carbocycles. The summed E-state index contributed by atoms with van der Waals surface area (Å²) in [5.74, 6) is 2.06. The molecule has 0 aliphatic heterocycles. The Balaban J connectivity index is 1.97. The van der Waals surface area contributed by atoms with Gasteiger partial charge in [-0.25, -0.2) is 0 Å². The van der Waals surface area contributed by atoms with Gasteiger partial charge in [-0.1, -0.05) is 52.4 Å². The zero-order chi connectivity index (χ0) is 10.7. The Labute approximate surface area is 95.8 Å². The molecule has 2 atom stereocenters. The molecule has 0 aromatic carbocycles. The van der Waals surface area contributed by atoms with Crippen LogP contribution in [0.4, 0.5) is 0 Å². The van der Waals surface area contributed by atoms with Crippen molar-refractivity contribution in [3.05, 3.63) is 0 Å².